The highest BCUT2D eigenvalue weighted by Crippen LogP contribution is 2.28. The average molecular weight is 426 g/mol. The van der Waals surface area contributed by atoms with E-state index in [1.807, 2.05) is 17.7 Å². The lowest BCUT2D eigenvalue weighted by molar-refractivity contribution is 0.141. The van der Waals surface area contributed by atoms with Crippen molar-refractivity contribution >= 4 is 11.8 Å². The van der Waals surface area contributed by atoms with Gasteiger partial charge in [-0.15, -0.1) is 10.2 Å². The second-order valence-corrected chi connectivity index (χ2v) is 9.26. The summed E-state index contributed by atoms with van der Waals surface area (Å²) in [4.78, 5) is 5.03. The van der Waals surface area contributed by atoms with Crippen molar-refractivity contribution in [2.24, 2.45) is 13.0 Å². The van der Waals surface area contributed by atoms with Crippen LogP contribution in [-0.2, 0) is 20.0 Å². The first kappa shape index (κ1) is 21.2. The number of nitrogens with zero attached hydrogens (tertiary/aromatic N) is 5. The van der Waals surface area contributed by atoms with Crippen LogP contribution in [0.25, 0.3) is 0 Å². The molecule has 0 N–H and O–H groups in total. The smallest absolute Gasteiger partial charge is 0.198 e. The van der Waals surface area contributed by atoms with Crippen LogP contribution in [0.2, 0.25) is 0 Å². The molecule has 1 saturated heterocycles. The van der Waals surface area contributed by atoms with Crippen LogP contribution in [0.4, 0.5) is 0 Å². The third-order valence-corrected chi connectivity index (χ3v) is 6.65. The van der Waals surface area contributed by atoms with E-state index in [1.165, 1.54) is 43.3 Å². The number of likely N-dealkylation sites (tertiary alicyclic amines) is 1. The molecule has 2 aromatic heterocycles. The fourth-order valence-electron chi connectivity index (χ4n) is 4.13. The monoisotopic (exact) mass is 425 g/mol. The van der Waals surface area contributed by atoms with E-state index in [4.69, 9.17) is 4.42 Å². The zero-order valence-corrected chi connectivity index (χ0v) is 18.7. The minimum atomic E-state index is 0.724. The minimum absolute atomic E-state index is 0.724. The fourth-order valence-corrected chi connectivity index (χ4v) is 4.87. The van der Waals surface area contributed by atoms with Crippen LogP contribution in [0.5, 0.6) is 0 Å². The van der Waals surface area contributed by atoms with Crippen molar-refractivity contribution in [1.29, 1.82) is 0 Å². The number of aryl methyl sites for hydroxylation is 1. The van der Waals surface area contributed by atoms with Crippen LogP contribution < -0.4 is 0 Å². The van der Waals surface area contributed by atoms with Gasteiger partial charge in [0.1, 0.15) is 12.1 Å². The molecule has 0 saturated carbocycles. The van der Waals surface area contributed by atoms with E-state index in [-0.39, 0.29) is 0 Å². The summed E-state index contributed by atoms with van der Waals surface area (Å²) in [6, 6.07) is 14.9. The lowest BCUT2D eigenvalue weighted by Crippen LogP contribution is -2.39. The Morgan fingerprint density at radius 2 is 2.03 bits per heavy atom. The summed E-state index contributed by atoms with van der Waals surface area (Å²) in [5.41, 5.74) is 1.39. The number of hydrogen-bond donors (Lipinski definition) is 0. The van der Waals surface area contributed by atoms with Crippen molar-refractivity contribution in [1.82, 2.24) is 24.6 Å². The summed E-state index contributed by atoms with van der Waals surface area (Å²) in [6.45, 7) is 5.40. The Labute approximate surface area is 183 Å². The van der Waals surface area contributed by atoms with E-state index in [0.29, 0.717) is 0 Å². The average Bonchev–Trinajstić information content (AvgIpc) is 3.36. The van der Waals surface area contributed by atoms with E-state index in [1.54, 1.807) is 6.33 Å². The third kappa shape index (κ3) is 5.97. The lowest BCUT2D eigenvalue weighted by atomic mass is 9.97. The number of rotatable bonds is 9. The van der Waals surface area contributed by atoms with Crippen LogP contribution in [0.15, 0.2) is 63.5 Å². The van der Waals surface area contributed by atoms with Crippen LogP contribution in [0.3, 0.4) is 0 Å². The molecule has 160 valence electrons. The van der Waals surface area contributed by atoms with Gasteiger partial charge in [0.2, 0.25) is 0 Å². The van der Waals surface area contributed by atoms with Gasteiger partial charge in [-0.2, -0.15) is 0 Å². The fraction of sp³-hybridized carbons (Fsp3) is 0.478. The molecule has 0 aliphatic carbocycles. The summed E-state index contributed by atoms with van der Waals surface area (Å²) in [5, 5.41) is 9.76. The maximum Gasteiger partial charge on any atom is 0.198 e. The largest absolute Gasteiger partial charge is 0.453 e. The number of aromatic nitrogens is 3. The van der Waals surface area contributed by atoms with Crippen LogP contribution >= 0.6 is 11.8 Å². The van der Waals surface area contributed by atoms with Gasteiger partial charge in [0.15, 0.2) is 10.2 Å². The molecule has 0 radical (unpaired) electrons. The van der Waals surface area contributed by atoms with Gasteiger partial charge in [0.25, 0.3) is 0 Å². The van der Waals surface area contributed by atoms with Gasteiger partial charge in [-0.25, -0.2) is 0 Å². The Kier molecular flexibility index (Phi) is 7.25. The maximum atomic E-state index is 6.13. The molecule has 0 unspecified atom stereocenters. The predicted molar refractivity (Wildman–Crippen MR) is 119 cm³/mol. The van der Waals surface area contributed by atoms with E-state index in [0.717, 1.165) is 48.0 Å². The Balaban J connectivity index is 1.40. The molecular formula is C23H31N5OS. The molecule has 1 atom stereocenters. The van der Waals surface area contributed by atoms with Crippen molar-refractivity contribution in [3.8, 4) is 0 Å². The second kappa shape index (κ2) is 10.3. The van der Waals surface area contributed by atoms with E-state index in [9.17, 15) is 0 Å². The van der Waals surface area contributed by atoms with Gasteiger partial charge in [0.05, 0.1) is 6.54 Å². The molecule has 1 fully saturated rings. The number of benzene rings is 1. The lowest BCUT2D eigenvalue weighted by Gasteiger charge is -2.33. The molecule has 7 heteroatoms. The Hall–Kier alpha value is -2.09. The summed E-state index contributed by atoms with van der Waals surface area (Å²) in [5.74, 6) is 1.74. The third-order valence-electron chi connectivity index (χ3n) is 5.68. The van der Waals surface area contributed by atoms with Crippen molar-refractivity contribution in [3.63, 3.8) is 0 Å². The first-order chi connectivity index (χ1) is 14.7. The van der Waals surface area contributed by atoms with Crippen LogP contribution in [0.1, 0.15) is 24.2 Å². The summed E-state index contributed by atoms with van der Waals surface area (Å²) in [7, 11) is 4.18. The topological polar surface area (TPSA) is 50.3 Å². The molecule has 1 aromatic carbocycles. The number of piperidine rings is 1. The molecule has 4 rings (SSSR count). The van der Waals surface area contributed by atoms with Crippen LogP contribution in [0, 0.1) is 5.92 Å². The van der Waals surface area contributed by atoms with Crippen LogP contribution in [-0.4, -0.2) is 57.8 Å². The minimum Gasteiger partial charge on any atom is -0.453 e. The Morgan fingerprint density at radius 3 is 2.80 bits per heavy atom. The molecule has 0 spiro atoms. The van der Waals surface area contributed by atoms with Crippen molar-refractivity contribution < 1.29 is 4.42 Å². The second-order valence-electron chi connectivity index (χ2n) is 8.29. The normalized spacial score (nSPS) is 17.6. The predicted octanol–water partition coefficient (Wildman–Crippen LogP) is 3.95. The first-order valence-corrected chi connectivity index (χ1v) is 11.5. The number of furan rings is 1. The van der Waals surface area contributed by atoms with Gasteiger partial charge in [-0.3, -0.25) is 4.90 Å². The van der Waals surface area contributed by atoms with Gasteiger partial charge < -0.3 is 13.9 Å². The van der Waals surface area contributed by atoms with E-state index < -0.39 is 0 Å². The zero-order chi connectivity index (χ0) is 20.8. The summed E-state index contributed by atoms with van der Waals surface area (Å²) in [6.07, 6.45) is 5.38. The van der Waals surface area contributed by atoms with Gasteiger partial charge in [0, 0.05) is 26.7 Å². The summed E-state index contributed by atoms with van der Waals surface area (Å²) < 4.78 is 8.04. The highest BCUT2D eigenvalue weighted by atomic mass is 32.2. The first-order valence-electron chi connectivity index (χ1n) is 10.7. The SMILES string of the molecule is CN1CCC[C@@H](CN(CCc2ccccc2)Cc2ccc(Sc3nncn3C)o2)C1. The highest BCUT2D eigenvalue weighted by molar-refractivity contribution is 7.99. The maximum absolute atomic E-state index is 6.13. The molecule has 0 amide bonds. The number of hydrogen-bond acceptors (Lipinski definition) is 6. The van der Waals surface area contributed by atoms with Gasteiger partial charge in [-0.05, 0) is 68.2 Å². The Morgan fingerprint density at radius 1 is 1.17 bits per heavy atom. The standard InChI is InChI=1S/C23H31N5OS/c1-26-13-6-9-20(15-26)16-28(14-12-19-7-4-3-5-8-19)17-21-10-11-22(29-21)30-23-25-24-18-27(23)2/h3-5,7-8,10-11,18,20H,6,9,12-17H2,1-2H3/t20-/m1/s1. The molecule has 6 nitrogen and oxygen atoms in total. The van der Waals surface area contributed by atoms with Gasteiger partial charge in [-0.1, -0.05) is 30.3 Å². The zero-order valence-electron chi connectivity index (χ0n) is 17.9. The molecule has 3 heterocycles. The molecule has 1 aliphatic rings. The molecule has 1 aliphatic heterocycles. The van der Waals surface area contributed by atoms with Gasteiger partial charge >= 0.3 is 0 Å². The molecular weight excluding hydrogens is 394 g/mol. The highest BCUT2D eigenvalue weighted by Gasteiger charge is 2.21. The molecule has 30 heavy (non-hydrogen) atoms. The van der Waals surface area contributed by atoms with Crippen molar-refractivity contribution in [3.05, 3.63) is 60.1 Å². The molecule has 3 aromatic rings. The molecule has 0 bridgehead atoms. The van der Waals surface area contributed by atoms with E-state index in [2.05, 4.69) is 63.4 Å². The summed E-state index contributed by atoms with van der Waals surface area (Å²) >= 11 is 1.51. The Bertz CT molecular complexity index is 909. The quantitative estimate of drug-likeness (QED) is 0.517. The van der Waals surface area contributed by atoms with E-state index >= 15 is 0 Å². The van der Waals surface area contributed by atoms with Crippen molar-refractivity contribution in [2.75, 3.05) is 33.2 Å². The van der Waals surface area contributed by atoms with Crippen molar-refractivity contribution in [2.45, 2.75) is 36.1 Å².